The summed E-state index contributed by atoms with van der Waals surface area (Å²) in [4.78, 5) is 11.1. The van der Waals surface area contributed by atoms with Crippen LogP contribution < -0.4 is 0 Å². The predicted molar refractivity (Wildman–Crippen MR) is 60.5 cm³/mol. The molecule has 0 amide bonds. The molecule has 0 aliphatic heterocycles. The molecule has 1 aromatic rings. The Morgan fingerprint density at radius 1 is 1.44 bits per heavy atom. The normalized spacial score (nSPS) is 17.1. The third-order valence-electron chi connectivity index (χ3n) is 2.59. The van der Waals surface area contributed by atoms with E-state index in [1.165, 1.54) is 0 Å². The van der Waals surface area contributed by atoms with Crippen molar-refractivity contribution in [1.82, 2.24) is 0 Å². The van der Waals surface area contributed by atoms with Crippen molar-refractivity contribution in [3.8, 4) is 0 Å². The first kappa shape index (κ1) is 11.4. The topological polar surface area (TPSA) is 46.5 Å². The van der Waals surface area contributed by atoms with Gasteiger partial charge in [0.1, 0.15) is 0 Å². The van der Waals surface area contributed by atoms with Crippen molar-refractivity contribution in [2.24, 2.45) is 5.92 Å². The molecule has 16 heavy (non-hydrogen) atoms. The maximum absolute atomic E-state index is 11.1. The van der Waals surface area contributed by atoms with Gasteiger partial charge in [-0.05, 0) is 36.5 Å². The summed E-state index contributed by atoms with van der Waals surface area (Å²) >= 11 is 5.75. The molecule has 1 aromatic carbocycles. The molecular formula is C12H13ClO3. The Labute approximate surface area is 99.0 Å². The van der Waals surface area contributed by atoms with E-state index in [-0.39, 0.29) is 0 Å². The summed E-state index contributed by atoms with van der Waals surface area (Å²) in [6, 6.07) is 6.72. The lowest BCUT2D eigenvalue weighted by atomic mass is 10.1. The first-order valence-corrected chi connectivity index (χ1v) is 5.64. The van der Waals surface area contributed by atoms with E-state index in [2.05, 4.69) is 0 Å². The molecule has 1 aliphatic carbocycles. The van der Waals surface area contributed by atoms with Crippen LogP contribution in [0.5, 0.6) is 0 Å². The average Bonchev–Trinajstić information content (AvgIpc) is 3.04. The standard InChI is InChI=1S/C12H13ClO3/c13-10-5-3-9(4-6-10)11(12(14)15)16-7-8-1-2-8/h3-6,8,11H,1-2,7H2,(H,14,15). The van der Waals surface area contributed by atoms with E-state index in [9.17, 15) is 4.79 Å². The highest BCUT2D eigenvalue weighted by atomic mass is 35.5. The van der Waals surface area contributed by atoms with Crippen molar-refractivity contribution in [3.05, 3.63) is 34.9 Å². The van der Waals surface area contributed by atoms with Gasteiger partial charge in [0, 0.05) is 5.02 Å². The van der Waals surface area contributed by atoms with E-state index in [1.807, 2.05) is 0 Å². The second-order valence-electron chi connectivity index (χ2n) is 4.05. The van der Waals surface area contributed by atoms with Crippen LogP contribution >= 0.6 is 11.6 Å². The minimum Gasteiger partial charge on any atom is -0.479 e. The Morgan fingerprint density at radius 3 is 2.56 bits per heavy atom. The summed E-state index contributed by atoms with van der Waals surface area (Å²) in [5, 5.41) is 9.66. The Balaban J connectivity index is 2.04. The van der Waals surface area contributed by atoms with E-state index >= 15 is 0 Å². The van der Waals surface area contributed by atoms with Crippen LogP contribution in [0.3, 0.4) is 0 Å². The van der Waals surface area contributed by atoms with Gasteiger partial charge >= 0.3 is 5.97 Å². The second kappa shape index (κ2) is 4.85. The van der Waals surface area contributed by atoms with Crippen LogP contribution in [0.4, 0.5) is 0 Å². The number of carbonyl (C=O) groups is 1. The number of halogens is 1. The lowest BCUT2D eigenvalue weighted by Crippen LogP contribution is -2.16. The molecule has 0 heterocycles. The largest absolute Gasteiger partial charge is 0.479 e. The molecule has 1 N–H and O–H groups in total. The van der Waals surface area contributed by atoms with Crippen LogP contribution in [-0.2, 0) is 9.53 Å². The molecule has 0 saturated heterocycles. The summed E-state index contributed by atoms with van der Waals surface area (Å²) in [6.07, 6.45) is 1.41. The lowest BCUT2D eigenvalue weighted by Gasteiger charge is -2.13. The molecule has 1 atom stereocenters. The maximum Gasteiger partial charge on any atom is 0.337 e. The van der Waals surface area contributed by atoms with Crippen LogP contribution in [0, 0.1) is 5.92 Å². The third kappa shape index (κ3) is 2.97. The number of hydrogen-bond donors (Lipinski definition) is 1. The van der Waals surface area contributed by atoms with Gasteiger partial charge in [0.25, 0.3) is 0 Å². The summed E-state index contributed by atoms with van der Waals surface area (Å²) in [5.74, 6) is -0.405. The van der Waals surface area contributed by atoms with Gasteiger partial charge in [0.2, 0.25) is 0 Å². The third-order valence-corrected chi connectivity index (χ3v) is 2.84. The Hall–Kier alpha value is -1.06. The number of rotatable bonds is 5. The van der Waals surface area contributed by atoms with E-state index in [0.717, 1.165) is 12.8 Å². The quantitative estimate of drug-likeness (QED) is 0.861. The Kier molecular flexibility index (Phi) is 3.46. The number of benzene rings is 1. The fourth-order valence-electron chi connectivity index (χ4n) is 1.46. The molecular weight excluding hydrogens is 228 g/mol. The van der Waals surface area contributed by atoms with Crippen LogP contribution in [0.1, 0.15) is 24.5 Å². The van der Waals surface area contributed by atoms with Gasteiger partial charge in [0.05, 0.1) is 6.61 Å². The molecule has 3 nitrogen and oxygen atoms in total. The van der Waals surface area contributed by atoms with Gasteiger partial charge in [-0.2, -0.15) is 0 Å². The van der Waals surface area contributed by atoms with E-state index < -0.39 is 12.1 Å². The number of hydrogen-bond acceptors (Lipinski definition) is 2. The van der Waals surface area contributed by atoms with Crippen molar-refractivity contribution in [2.75, 3.05) is 6.61 Å². The highest BCUT2D eigenvalue weighted by molar-refractivity contribution is 6.30. The predicted octanol–water partition coefficient (Wildman–Crippen LogP) is 2.89. The van der Waals surface area contributed by atoms with Gasteiger partial charge in [-0.25, -0.2) is 4.79 Å². The van der Waals surface area contributed by atoms with Crippen molar-refractivity contribution < 1.29 is 14.6 Å². The van der Waals surface area contributed by atoms with Crippen LogP contribution in [0.25, 0.3) is 0 Å². The average molecular weight is 241 g/mol. The molecule has 0 spiro atoms. The fourth-order valence-corrected chi connectivity index (χ4v) is 1.59. The number of aliphatic carboxylic acids is 1. The maximum atomic E-state index is 11.1. The van der Waals surface area contributed by atoms with Crippen molar-refractivity contribution in [2.45, 2.75) is 18.9 Å². The summed E-state index contributed by atoms with van der Waals surface area (Å²) in [6.45, 7) is 0.527. The monoisotopic (exact) mass is 240 g/mol. The van der Waals surface area contributed by atoms with Crippen molar-refractivity contribution in [1.29, 1.82) is 0 Å². The van der Waals surface area contributed by atoms with Gasteiger partial charge in [-0.15, -0.1) is 0 Å². The van der Waals surface area contributed by atoms with Gasteiger partial charge in [-0.3, -0.25) is 0 Å². The fraction of sp³-hybridized carbons (Fsp3) is 0.417. The zero-order valence-electron chi connectivity index (χ0n) is 8.73. The van der Waals surface area contributed by atoms with Crippen LogP contribution in [0.15, 0.2) is 24.3 Å². The van der Waals surface area contributed by atoms with Crippen LogP contribution in [0.2, 0.25) is 5.02 Å². The Bertz CT molecular complexity index is 370. The van der Waals surface area contributed by atoms with Crippen molar-refractivity contribution >= 4 is 17.6 Å². The summed E-state index contributed by atoms with van der Waals surface area (Å²) < 4.78 is 5.41. The molecule has 86 valence electrons. The highest BCUT2D eigenvalue weighted by Gasteiger charge is 2.26. The molecule has 0 bridgehead atoms. The first-order valence-electron chi connectivity index (χ1n) is 5.26. The zero-order chi connectivity index (χ0) is 11.5. The summed E-state index contributed by atoms with van der Waals surface area (Å²) in [5.41, 5.74) is 0.637. The smallest absolute Gasteiger partial charge is 0.337 e. The second-order valence-corrected chi connectivity index (χ2v) is 4.48. The number of carboxylic acids is 1. The van der Waals surface area contributed by atoms with Crippen LogP contribution in [-0.4, -0.2) is 17.7 Å². The van der Waals surface area contributed by atoms with E-state index in [4.69, 9.17) is 21.4 Å². The number of ether oxygens (including phenoxy) is 1. The molecule has 1 unspecified atom stereocenters. The molecule has 2 rings (SSSR count). The zero-order valence-corrected chi connectivity index (χ0v) is 9.48. The molecule has 4 heteroatoms. The number of carboxylic acid groups (broad SMARTS) is 1. The summed E-state index contributed by atoms with van der Waals surface area (Å²) in [7, 11) is 0. The molecule has 0 radical (unpaired) electrons. The minimum absolute atomic E-state index is 0.527. The van der Waals surface area contributed by atoms with Gasteiger partial charge < -0.3 is 9.84 Å². The Morgan fingerprint density at radius 2 is 2.06 bits per heavy atom. The van der Waals surface area contributed by atoms with E-state index in [0.29, 0.717) is 23.1 Å². The SMILES string of the molecule is O=C(O)C(OCC1CC1)c1ccc(Cl)cc1. The lowest BCUT2D eigenvalue weighted by molar-refractivity contribution is -0.151. The van der Waals surface area contributed by atoms with Gasteiger partial charge in [-0.1, -0.05) is 23.7 Å². The van der Waals surface area contributed by atoms with Gasteiger partial charge in [0.15, 0.2) is 6.10 Å². The molecule has 0 aromatic heterocycles. The molecule has 1 saturated carbocycles. The highest BCUT2D eigenvalue weighted by Crippen LogP contribution is 2.31. The first-order chi connectivity index (χ1) is 7.66. The molecule has 1 fully saturated rings. The molecule has 1 aliphatic rings. The van der Waals surface area contributed by atoms with E-state index in [1.54, 1.807) is 24.3 Å². The van der Waals surface area contributed by atoms with Crippen molar-refractivity contribution in [3.63, 3.8) is 0 Å². The minimum atomic E-state index is -0.956.